The summed E-state index contributed by atoms with van der Waals surface area (Å²) >= 11 is 7.31. The lowest BCUT2D eigenvalue weighted by Gasteiger charge is -2.09. The molecular formula is C24H20ClN3O3S. The number of aromatic nitrogens is 2. The van der Waals surface area contributed by atoms with Crippen molar-refractivity contribution in [3.8, 4) is 5.75 Å². The number of aryl methyl sites for hydroxylation is 1. The van der Waals surface area contributed by atoms with Gasteiger partial charge in [0.25, 0.3) is 5.56 Å². The van der Waals surface area contributed by atoms with Crippen LogP contribution < -0.4 is 15.6 Å². The lowest BCUT2D eigenvalue weighted by atomic mass is 10.3. The van der Waals surface area contributed by atoms with Crippen LogP contribution in [0.25, 0.3) is 5.65 Å². The molecule has 0 bridgehead atoms. The molecule has 1 amide bonds. The first-order valence-electron chi connectivity index (χ1n) is 9.86. The predicted molar refractivity (Wildman–Crippen MR) is 128 cm³/mol. The molecule has 0 aliphatic carbocycles. The van der Waals surface area contributed by atoms with Crippen molar-refractivity contribution in [1.82, 2.24) is 9.38 Å². The number of nitrogens with zero attached hydrogens (tertiary/aromatic N) is 2. The van der Waals surface area contributed by atoms with Crippen molar-refractivity contribution in [3.05, 3.63) is 99.6 Å². The van der Waals surface area contributed by atoms with Crippen molar-refractivity contribution in [3.63, 3.8) is 0 Å². The highest BCUT2D eigenvalue weighted by Gasteiger charge is 2.06. The van der Waals surface area contributed by atoms with Crippen molar-refractivity contribution in [2.24, 2.45) is 0 Å². The Bertz CT molecular complexity index is 1310. The molecule has 0 spiro atoms. The second-order valence-electron chi connectivity index (χ2n) is 7.12. The predicted octanol–water partition coefficient (Wildman–Crippen LogP) is 4.97. The third kappa shape index (κ3) is 5.69. The van der Waals surface area contributed by atoms with Crippen LogP contribution in [0.5, 0.6) is 5.75 Å². The zero-order chi connectivity index (χ0) is 22.5. The van der Waals surface area contributed by atoms with Crippen LogP contribution in [0.15, 0.2) is 82.6 Å². The minimum absolute atomic E-state index is 0.102. The van der Waals surface area contributed by atoms with E-state index in [-0.39, 0.29) is 18.1 Å². The van der Waals surface area contributed by atoms with E-state index in [4.69, 9.17) is 16.3 Å². The van der Waals surface area contributed by atoms with Crippen molar-refractivity contribution >= 4 is 40.6 Å². The summed E-state index contributed by atoms with van der Waals surface area (Å²) in [4.78, 5) is 29.9. The smallest absolute Gasteiger partial charge is 0.258 e. The minimum Gasteiger partial charge on any atom is -0.487 e. The maximum Gasteiger partial charge on any atom is 0.258 e. The third-order valence-corrected chi connectivity index (χ3v) is 5.85. The Morgan fingerprint density at radius 2 is 1.84 bits per heavy atom. The molecular weight excluding hydrogens is 446 g/mol. The molecule has 0 aliphatic rings. The number of halogens is 1. The standard InChI is InChI=1S/C24H20ClN3O3S/c1-16-10-11-28-22(12-16)26-19(13-24(28)30)14-31-20-6-4-18(5-7-20)27-23(29)15-32-21-8-2-17(25)3-9-21/h2-13H,14-15H2,1H3,(H,27,29). The molecule has 2 aromatic carbocycles. The van der Waals surface area contributed by atoms with Gasteiger partial charge in [0.1, 0.15) is 18.0 Å². The summed E-state index contributed by atoms with van der Waals surface area (Å²) in [5.74, 6) is 0.808. The number of hydrogen-bond donors (Lipinski definition) is 1. The number of ether oxygens (including phenoxy) is 1. The van der Waals surface area contributed by atoms with Gasteiger partial charge in [0.05, 0.1) is 11.4 Å². The van der Waals surface area contributed by atoms with Crippen LogP contribution in [-0.4, -0.2) is 21.0 Å². The second-order valence-corrected chi connectivity index (χ2v) is 8.61. The van der Waals surface area contributed by atoms with Gasteiger partial charge in [-0.05, 0) is 73.2 Å². The van der Waals surface area contributed by atoms with Crippen molar-refractivity contribution in [1.29, 1.82) is 0 Å². The first-order chi connectivity index (χ1) is 15.5. The monoisotopic (exact) mass is 465 g/mol. The molecule has 162 valence electrons. The number of fused-ring (bicyclic) bond motifs is 1. The number of rotatable bonds is 7. The first kappa shape index (κ1) is 21.9. The Hall–Kier alpha value is -3.29. The maximum absolute atomic E-state index is 12.2. The number of hydrogen-bond acceptors (Lipinski definition) is 5. The molecule has 6 nitrogen and oxygen atoms in total. The Morgan fingerprint density at radius 3 is 2.59 bits per heavy atom. The molecule has 32 heavy (non-hydrogen) atoms. The first-order valence-corrected chi connectivity index (χ1v) is 11.2. The number of pyridine rings is 1. The average Bonchev–Trinajstić information content (AvgIpc) is 2.78. The van der Waals surface area contributed by atoms with Gasteiger partial charge in [0.2, 0.25) is 5.91 Å². The van der Waals surface area contributed by atoms with Crippen LogP contribution in [0, 0.1) is 6.92 Å². The van der Waals surface area contributed by atoms with E-state index in [1.165, 1.54) is 22.2 Å². The summed E-state index contributed by atoms with van der Waals surface area (Å²) in [5, 5.41) is 3.53. The van der Waals surface area contributed by atoms with Gasteiger partial charge in [-0.25, -0.2) is 4.98 Å². The fourth-order valence-electron chi connectivity index (χ4n) is 3.00. The Morgan fingerprint density at radius 1 is 1.09 bits per heavy atom. The fourth-order valence-corrected chi connectivity index (χ4v) is 3.82. The van der Waals surface area contributed by atoms with E-state index < -0.39 is 0 Å². The zero-order valence-corrected chi connectivity index (χ0v) is 18.8. The van der Waals surface area contributed by atoms with E-state index in [9.17, 15) is 9.59 Å². The number of thioether (sulfide) groups is 1. The average molecular weight is 466 g/mol. The van der Waals surface area contributed by atoms with Crippen molar-refractivity contribution in [2.75, 3.05) is 11.1 Å². The van der Waals surface area contributed by atoms with E-state index in [1.54, 1.807) is 42.6 Å². The van der Waals surface area contributed by atoms with Crippen LogP contribution in [0.1, 0.15) is 11.3 Å². The maximum atomic E-state index is 12.2. The molecule has 0 saturated carbocycles. The quantitative estimate of drug-likeness (QED) is 0.390. The van der Waals surface area contributed by atoms with Gasteiger partial charge in [-0.15, -0.1) is 11.8 Å². The van der Waals surface area contributed by atoms with Gasteiger partial charge in [0.15, 0.2) is 0 Å². The van der Waals surface area contributed by atoms with E-state index in [0.717, 1.165) is 10.5 Å². The van der Waals surface area contributed by atoms with Crippen LogP contribution in [0.3, 0.4) is 0 Å². The molecule has 2 heterocycles. The molecule has 0 atom stereocenters. The largest absolute Gasteiger partial charge is 0.487 e. The molecule has 0 aliphatic heterocycles. The minimum atomic E-state index is -0.150. The summed E-state index contributed by atoms with van der Waals surface area (Å²) in [7, 11) is 0. The number of carbonyl (C=O) groups is 1. The summed E-state index contributed by atoms with van der Waals surface area (Å²) in [5.41, 5.74) is 2.70. The van der Waals surface area contributed by atoms with E-state index in [0.29, 0.717) is 33.6 Å². The highest BCUT2D eigenvalue weighted by molar-refractivity contribution is 8.00. The van der Waals surface area contributed by atoms with Gasteiger partial charge >= 0.3 is 0 Å². The lowest BCUT2D eigenvalue weighted by molar-refractivity contribution is -0.113. The van der Waals surface area contributed by atoms with Gasteiger partial charge in [-0.2, -0.15) is 0 Å². The number of carbonyl (C=O) groups excluding carboxylic acids is 1. The van der Waals surface area contributed by atoms with Crippen LogP contribution in [-0.2, 0) is 11.4 Å². The number of anilines is 1. The second kappa shape index (κ2) is 9.89. The SMILES string of the molecule is Cc1ccn2c(=O)cc(COc3ccc(NC(=O)CSc4ccc(Cl)cc4)cc3)nc2c1. The van der Waals surface area contributed by atoms with Crippen LogP contribution in [0.4, 0.5) is 5.69 Å². The van der Waals surface area contributed by atoms with Gasteiger partial charge in [-0.1, -0.05) is 11.6 Å². The van der Waals surface area contributed by atoms with E-state index in [1.807, 2.05) is 31.2 Å². The van der Waals surface area contributed by atoms with Gasteiger partial charge < -0.3 is 10.1 Å². The molecule has 0 fully saturated rings. The molecule has 0 saturated heterocycles. The Balaban J connectivity index is 1.32. The van der Waals surface area contributed by atoms with Crippen LogP contribution >= 0.6 is 23.4 Å². The van der Waals surface area contributed by atoms with Gasteiger partial charge in [0, 0.05) is 27.9 Å². The number of amides is 1. The highest BCUT2D eigenvalue weighted by atomic mass is 35.5. The van der Waals surface area contributed by atoms with Crippen LogP contribution in [0.2, 0.25) is 5.02 Å². The molecule has 1 N–H and O–H groups in total. The molecule has 4 rings (SSSR count). The molecule has 8 heteroatoms. The van der Waals surface area contributed by atoms with Gasteiger partial charge in [-0.3, -0.25) is 14.0 Å². The Labute approximate surface area is 194 Å². The summed E-state index contributed by atoms with van der Waals surface area (Å²) < 4.78 is 7.26. The van der Waals surface area contributed by atoms with E-state index in [2.05, 4.69) is 10.3 Å². The Kier molecular flexibility index (Phi) is 6.78. The molecule has 4 aromatic rings. The molecule has 2 aromatic heterocycles. The van der Waals surface area contributed by atoms with E-state index >= 15 is 0 Å². The summed E-state index contributed by atoms with van der Waals surface area (Å²) in [6, 6.07) is 19.6. The topological polar surface area (TPSA) is 72.7 Å². The van der Waals surface area contributed by atoms with Crippen molar-refractivity contribution < 1.29 is 9.53 Å². The number of benzene rings is 2. The summed E-state index contributed by atoms with van der Waals surface area (Å²) in [6.45, 7) is 2.12. The number of nitrogens with one attached hydrogen (secondary N) is 1. The zero-order valence-electron chi connectivity index (χ0n) is 17.2. The fraction of sp³-hybridized carbons (Fsp3) is 0.125. The third-order valence-electron chi connectivity index (χ3n) is 4.58. The lowest BCUT2D eigenvalue weighted by Crippen LogP contribution is -2.16. The molecule has 0 radical (unpaired) electrons. The highest BCUT2D eigenvalue weighted by Crippen LogP contribution is 2.21. The van der Waals surface area contributed by atoms with Crippen molar-refractivity contribution in [2.45, 2.75) is 18.4 Å². The normalized spacial score (nSPS) is 10.8. The molecule has 0 unspecified atom stereocenters. The summed E-state index contributed by atoms with van der Waals surface area (Å²) in [6.07, 6.45) is 1.71.